The molecule has 3 N–H and O–H groups in total. The second kappa shape index (κ2) is 7.47. The Morgan fingerprint density at radius 2 is 1.83 bits per heavy atom. The number of halogens is 1. The molecule has 2 aromatic carbocycles. The van der Waals surface area contributed by atoms with E-state index in [1.165, 1.54) is 30.5 Å². The van der Waals surface area contributed by atoms with Crippen LogP contribution in [-0.4, -0.2) is 12.6 Å². The van der Waals surface area contributed by atoms with Crippen LogP contribution < -0.4 is 15.8 Å². The van der Waals surface area contributed by atoms with Crippen LogP contribution in [0.2, 0.25) is 0 Å². The van der Waals surface area contributed by atoms with Crippen LogP contribution in [0.5, 0.6) is 5.75 Å². The predicted molar refractivity (Wildman–Crippen MR) is 90.9 cm³/mol. The summed E-state index contributed by atoms with van der Waals surface area (Å²) in [6, 6.07) is 13.0. The van der Waals surface area contributed by atoms with E-state index in [1.807, 2.05) is 12.1 Å². The van der Waals surface area contributed by atoms with E-state index in [2.05, 4.69) is 11.4 Å². The second-order valence-corrected chi connectivity index (χ2v) is 6.12. The molecule has 1 aliphatic rings. The third kappa shape index (κ3) is 4.96. The second-order valence-electron chi connectivity index (χ2n) is 6.12. The van der Waals surface area contributed by atoms with E-state index in [0.717, 1.165) is 31.0 Å². The van der Waals surface area contributed by atoms with Crippen molar-refractivity contribution in [3.8, 4) is 5.75 Å². The summed E-state index contributed by atoms with van der Waals surface area (Å²) in [5.74, 6) is 0.433. The molecule has 0 radical (unpaired) electrons. The Balaban J connectivity index is 1.48. The van der Waals surface area contributed by atoms with Gasteiger partial charge in [0.25, 0.3) is 0 Å². The Bertz CT molecular complexity index is 638. The Morgan fingerprint density at radius 3 is 2.52 bits per heavy atom. The van der Waals surface area contributed by atoms with E-state index in [-0.39, 0.29) is 5.82 Å². The van der Waals surface area contributed by atoms with Crippen LogP contribution in [0.25, 0.3) is 0 Å². The normalized spacial score (nSPS) is 14.0. The van der Waals surface area contributed by atoms with Gasteiger partial charge in [-0.3, -0.25) is 0 Å². The first kappa shape index (κ1) is 15.8. The lowest BCUT2D eigenvalue weighted by Crippen LogP contribution is -2.17. The molecular formula is C19H23FN2O. The van der Waals surface area contributed by atoms with Crippen molar-refractivity contribution in [1.82, 2.24) is 5.32 Å². The third-order valence-corrected chi connectivity index (χ3v) is 4.03. The monoisotopic (exact) mass is 314 g/mol. The molecule has 122 valence electrons. The highest BCUT2D eigenvalue weighted by atomic mass is 19.1. The van der Waals surface area contributed by atoms with E-state index < -0.39 is 0 Å². The number of aryl methyl sites for hydroxylation is 1. The van der Waals surface area contributed by atoms with Gasteiger partial charge in [0.15, 0.2) is 0 Å². The summed E-state index contributed by atoms with van der Waals surface area (Å²) in [5, 5.41) is 3.51. The molecule has 2 aromatic rings. The summed E-state index contributed by atoms with van der Waals surface area (Å²) >= 11 is 0. The van der Waals surface area contributed by atoms with E-state index in [9.17, 15) is 4.39 Å². The van der Waals surface area contributed by atoms with Gasteiger partial charge in [-0.05, 0) is 67.6 Å². The van der Waals surface area contributed by atoms with Crippen LogP contribution in [0.15, 0.2) is 42.5 Å². The molecule has 4 heteroatoms. The Hall–Kier alpha value is -2.07. The minimum Gasteiger partial charge on any atom is -0.487 e. The number of nitrogens with two attached hydrogens (primary N) is 1. The number of rotatable bonds is 8. The molecule has 23 heavy (non-hydrogen) atoms. The molecular weight excluding hydrogens is 291 g/mol. The van der Waals surface area contributed by atoms with Gasteiger partial charge in [0.05, 0.1) is 5.69 Å². The third-order valence-electron chi connectivity index (χ3n) is 4.03. The SMILES string of the molecule is Nc1cc(CCCNC2CC2)ccc1OCc1ccc(F)cc1. The van der Waals surface area contributed by atoms with Gasteiger partial charge < -0.3 is 15.8 Å². The first-order chi connectivity index (χ1) is 11.2. The van der Waals surface area contributed by atoms with Crippen molar-refractivity contribution >= 4 is 5.69 Å². The fourth-order valence-electron chi connectivity index (χ4n) is 2.51. The van der Waals surface area contributed by atoms with Crippen LogP contribution in [0.4, 0.5) is 10.1 Å². The number of ether oxygens (including phenoxy) is 1. The summed E-state index contributed by atoms with van der Waals surface area (Å²) in [5.41, 5.74) is 8.87. The van der Waals surface area contributed by atoms with Crippen molar-refractivity contribution in [2.24, 2.45) is 0 Å². The van der Waals surface area contributed by atoms with Crippen molar-refractivity contribution in [3.63, 3.8) is 0 Å². The molecule has 0 aliphatic heterocycles. The maximum Gasteiger partial charge on any atom is 0.142 e. The zero-order chi connectivity index (χ0) is 16.1. The highest BCUT2D eigenvalue weighted by molar-refractivity contribution is 5.54. The Morgan fingerprint density at radius 1 is 1.09 bits per heavy atom. The van der Waals surface area contributed by atoms with Crippen LogP contribution in [0.3, 0.4) is 0 Å². The average molecular weight is 314 g/mol. The van der Waals surface area contributed by atoms with Gasteiger partial charge in [-0.25, -0.2) is 4.39 Å². The molecule has 1 saturated carbocycles. The molecule has 0 heterocycles. The maximum absolute atomic E-state index is 12.9. The zero-order valence-electron chi connectivity index (χ0n) is 13.2. The lowest BCUT2D eigenvalue weighted by molar-refractivity contribution is 0.307. The summed E-state index contributed by atoms with van der Waals surface area (Å²) in [6.45, 7) is 1.45. The molecule has 0 bridgehead atoms. The van der Waals surface area contributed by atoms with Gasteiger partial charge in [0.2, 0.25) is 0 Å². The quantitative estimate of drug-likeness (QED) is 0.577. The summed E-state index contributed by atoms with van der Waals surface area (Å²) < 4.78 is 18.6. The Kier molecular flexibility index (Phi) is 5.13. The fourth-order valence-corrected chi connectivity index (χ4v) is 2.51. The molecule has 0 amide bonds. The molecule has 3 rings (SSSR count). The lowest BCUT2D eigenvalue weighted by Gasteiger charge is -2.11. The van der Waals surface area contributed by atoms with Crippen LogP contribution in [0, 0.1) is 5.82 Å². The van der Waals surface area contributed by atoms with Crippen molar-refractivity contribution < 1.29 is 9.13 Å². The van der Waals surface area contributed by atoms with Crippen LogP contribution in [0.1, 0.15) is 30.4 Å². The predicted octanol–water partition coefficient (Wildman–Crippen LogP) is 3.67. The van der Waals surface area contributed by atoms with E-state index in [0.29, 0.717) is 18.0 Å². The van der Waals surface area contributed by atoms with Crippen LogP contribution >= 0.6 is 0 Å². The molecule has 1 aliphatic carbocycles. The van der Waals surface area contributed by atoms with Crippen molar-refractivity contribution in [2.75, 3.05) is 12.3 Å². The average Bonchev–Trinajstić information content (AvgIpc) is 3.37. The first-order valence-corrected chi connectivity index (χ1v) is 8.20. The molecule has 0 spiro atoms. The molecule has 1 fully saturated rings. The smallest absolute Gasteiger partial charge is 0.142 e. The van der Waals surface area contributed by atoms with Gasteiger partial charge >= 0.3 is 0 Å². The molecule has 0 atom stereocenters. The van der Waals surface area contributed by atoms with Crippen LogP contribution in [-0.2, 0) is 13.0 Å². The molecule has 0 saturated heterocycles. The number of nitrogen functional groups attached to an aromatic ring is 1. The first-order valence-electron chi connectivity index (χ1n) is 8.20. The van der Waals surface area contributed by atoms with E-state index in [4.69, 9.17) is 10.5 Å². The van der Waals surface area contributed by atoms with Gasteiger partial charge in [-0.2, -0.15) is 0 Å². The highest BCUT2D eigenvalue weighted by Gasteiger charge is 2.19. The minimum absolute atomic E-state index is 0.242. The zero-order valence-corrected chi connectivity index (χ0v) is 13.2. The minimum atomic E-state index is -0.242. The number of anilines is 1. The van der Waals surface area contributed by atoms with Crippen molar-refractivity contribution in [3.05, 3.63) is 59.4 Å². The Labute approximate surface area is 136 Å². The van der Waals surface area contributed by atoms with Crippen molar-refractivity contribution in [2.45, 2.75) is 38.3 Å². The highest BCUT2D eigenvalue weighted by Crippen LogP contribution is 2.24. The van der Waals surface area contributed by atoms with E-state index >= 15 is 0 Å². The van der Waals surface area contributed by atoms with Gasteiger partial charge in [-0.1, -0.05) is 18.2 Å². The number of hydrogen-bond acceptors (Lipinski definition) is 3. The number of nitrogens with one attached hydrogen (secondary N) is 1. The standard InChI is InChI=1S/C19H23FN2O/c20-16-6-3-15(4-7-16)13-23-19-10-5-14(12-18(19)21)2-1-11-22-17-8-9-17/h3-7,10,12,17,22H,1-2,8-9,11,13,21H2. The number of hydrogen-bond donors (Lipinski definition) is 2. The number of benzene rings is 2. The van der Waals surface area contributed by atoms with Gasteiger partial charge in [0.1, 0.15) is 18.2 Å². The summed E-state index contributed by atoms with van der Waals surface area (Å²) in [4.78, 5) is 0. The lowest BCUT2D eigenvalue weighted by atomic mass is 10.1. The van der Waals surface area contributed by atoms with Gasteiger partial charge in [-0.15, -0.1) is 0 Å². The fraction of sp³-hybridized carbons (Fsp3) is 0.368. The van der Waals surface area contributed by atoms with E-state index in [1.54, 1.807) is 12.1 Å². The molecule has 3 nitrogen and oxygen atoms in total. The maximum atomic E-state index is 12.9. The van der Waals surface area contributed by atoms with Gasteiger partial charge in [0, 0.05) is 6.04 Å². The van der Waals surface area contributed by atoms with Crippen molar-refractivity contribution in [1.29, 1.82) is 0 Å². The summed E-state index contributed by atoms with van der Waals surface area (Å²) in [6.07, 6.45) is 4.79. The molecule has 0 aromatic heterocycles. The topological polar surface area (TPSA) is 47.3 Å². The summed E-state index contributed by atoms with van der Waals surface area (Å²) in [7, 11) is 0. The largest absolute Gasteiger partial charge is 0.487 e. The molecule has 0 unspecified atom stereocenters.